The number of nitrogens with zero attached hydrogens (tertiary/aromatic N) is 2. The van der Waals surface area contributed by atoms with Gasteiger partial charge in [-0.1, -0.05) is 48.5 Å². The largest absolute Gasteiger partial charge is 0.416 e. The number of rotatable bonds is 8. The number of nitrogens with one attached hydrogen (secondary N) is 2. The van der Waals surface area contributed by atoms with E-state index in [-0.39, 0.29) is 17.8 Å². The lowest BCUT2D eigenvalue weighted by Gasteiger charge is -2.51. The van der Waals surface area contributed by atoms with Crippen molar-refractivity contribution < 1.29 is 35.9 Å². The van der Waals surface area contributed by atoms with E-state index in [1.807, 2.05) is 36.4 Å². The number of hydrogen-bond acceptors (Lipinski definition) is 4. The second kappa shape index (κ2) is 13.6. The second-order valence-corrected chi connectivity index (χ2v) is 13.1. The molecule has 0 aliphatic carbocycles. The van der Waals surface area contributed by atoms with Gasteiger partial charge in [0.15, 0.2) is 0 Å². The van der Waals surface area contributed by atoms with Crippen LogP contribution in [0.3, 0.4) is 0 Å². The van der Waals surface area contributed by atoms with Gasteiger partial charge in [-0.2, -0.15) is 26.3 Å². The van der Waals surface area contributed by atoms with Gasteiger partial charge in [0.1, 0.15) is 0 Å². The molecule has 3 fully saturated rings. The van der Waals surface area contributed by atoms with Gasteiger partial charge in [-0.15, -0.1) is 6.58 Å². The zero-order chi connectivity index (χ0) is 35.9. The lowest BCUT2D eigenvalue weighted by atomic mass is 9.73. The Morgan fingerprint density at radius 3 is 2.33 bits per heavy atom. The number of piperidine rings is 3. The molecule has 12 heteroatoms. The first-order valence-electron chi connectivity index (χ1n) is 16.6. The number of carbonyl (C=O) groups is 1. The number of aromatic nitrogens is 1. The molecule has 0 saturated carbocycles. The highest BCUT2D eigenvalue weighted by molar-refractivity contribution is 6.01. The number of anilines is 2. The molecule has 3 aliphatic heterocycles. The molecule has 2 bridgehead atoms. The van der Waals surface area contributed by atoms with Crippen LogP contribution in [0.15, 0.2) is 104 Å². The zero-order valence-electron chi connectivity index (χ0n) is 27.3. The van der Waals surface area contributed by atoms with E-state index < -0.39 is 41.3 Å². The van der Waals surface area contributed by atoms with Crippen LogP contribution in [-0.4, -0.2) is 35.0 Å². The third-order valence-corrected chi connectivity index (χ3v) is 9.99. The number of benzene rings is 4. The summed E-state index contributed by atoms with van der Waals surface area (Å²) in [6.07, 6.45) is -4.78. The van der Waals surface area contributed by atoms with Gasteiger partial charge in [0.05, 0.1) is 29.4 Å². The number of alkyl halides is 6. The fourth-order valence-electron chi connectivity index (χ4n) is 7.51. The van der Waals surface area contributed by atoms with Gasteiger partial charge >= 0.3 is 18.4 Å². The van der Waals surface area contributed by atoms with Gasteiger partial charge in [-0.05, 0) is 95.6 Å². The molecule has 5 atom stereocenters. The zero-order valence-corrected chi connectivity index (χ0v) is 27.3. The fourth-order valence-corrected chi connectivity index (χ4v) is 7.51. The Morgan fingerprint density at radius 1 is 0.902 bits per heavy atom. The molecule has 4 unspecified atom stereocenters. The SMILES string of the molecule is C=CC1CN2CCC1CC2[C@@H](OCc1cccc2ccccc12)c1ccnc2ccc(NC(=O)Nc3cc(C(F)(F)F)cc(C(F)(F)F)c3)cc12. The first-order valence-corrected chi connectivity index (χ1v) is 16.6. The molecule has 2 amide bonds. The minimum atomic E-state index is -5.05. The summed E-state index contributed by atoms with van der Waals surface area (Å²) in [6.45, 7) is 6.20. The highest BCUT2D eigenvalue weighted by Crippen LogP contribution is 2.44. The Morgan fingerprint density at radius 2 is 1.63 bits per heavy atom. The molecule has 8 rings (SSSR count). The quantitative estimate of drug-likeness (QED) is 0.125. The van der Waals surface area contributed by atoms with Gasteiger partial charge < -0.3 is 15.4 Å². The van der Waals surface area contributed by atoms with E-state index in [0.29, 0.717) is 41.5 Å². The van der Waals surface area contributed by atoms with Gasteiger partial charge in [0.25, 0.3) is 0 Å². The van der Waals surface area contributed by atoms with Crippen LogP contribution in [0.2, 0.25) is 0 Å². The predicted molar refractivity (Wildman–Crippen MR) is 184 cm³/mol. The van der Waals surface area contributed by atoms with Crippen LogP contribution in [0.4, 0.5) is 42.5 Å². The summed E-state index contributed by atoms with van der Waals surface area (Å²) in [7, 11) is 0. The van der Waals surface area contributed by atoms with E-state index in [1.165, 1.54) is 0 Å². The minimum absolute atomic E-state index is 0.00590. The summed E-state index contributed by atoms with van der Waals surface area (Å²) >= 11 is 0. The van der Waals surface area contributed by atoms with E-state index >= 15 is 0 Å². The van der Waals surface area contributed by atoms with E-state index in [0.717, 1.165) is 47.8 Å². The molecule has 2 N–H and O–H groups in total. The molecule has 4 aromatic carbocycles. The molecule has 6 nitrogen and oxygen atoms in total. The van der Waals surface area contributed by atoms with Gasteiger partial charge in [-0.25, -0.2) is 4.79 Å². The van der Waals surface area contributed by atoms with E-state index in [2.05, 4.69) is 45.3 Å². The molecule has 4 heterocycles. The third kappa shape index (κ3) is 7.29. The van der Waals surface area contributed by atoms with Crippen LogP contribution in [0.25, 0.3) is 21.7 Å². The standard InChI is InChI=1S/C39H34F6N4O2/c1-2-23-21-49-15-13-25(23)16-35(49)36(51-22-26-8-5-7-24-6-3-4-9-31(24)26)32-12-14-46-34-11-10-29(20-33(32)34)47-37(50)48-30-18-27(38(40,41)42)17-28(19-30)39(43,44)45/h2-12,14,17-20,23,25,35-36H,1,13,15-16,21-22H2,(H2,47,48,50)/t23?,25?,35?,36-/m0/s1. The molecule has 0 radical (unpaired) electrons. The number of hydrogen-bond donors (Lipinski definition) is 2. The Bertz CT molecular complexity index is 2060. The molecule has 51 heavy (non-hydrogen) atoms. The summed E-state index contributed by atoms with van der Waals surface area (Å²) in [5.74, 6) is 0.852. The van der Waals surface area contributed by atoms with Crippen molar-refractivity contribution in [1.29, 1.82) is 0 Å². The maximum Gasteiger partial charge on any atom is 0.416 e. The fraction of sp³-hybridized carbons (Fsp3) is 0.282. The monoisotopic (exact) mass is 704 g/mol. The van der Waals surface area contributed by atoms with Crippen LogP contribution in [-0.2, 0) is 23.7 Å². The number of amides is 2. The molecule has 264 valence electrons. The molecule has 0 spiro atoms. The summed E-state index contributed by atoms with van der Waals surface area (Å²) in [5.41, 5.74) is -0.931. The smallest absolute Gasteiger partial charge is 0.367 e. The summed E-state index contributed by atoms with van der Waals surface area (Å²) in [4.78, 5) is 20.0. The number of pyridine rings is 1. The van der Waals surface area contributed by atoms with E-state index in [9.17, 15) is 31.1 Å². The number of ether oxygens (including phenoxy) is 1. The third-order valence-electron chi connectivity index (χ3n) is 9.99. The Kier molecular flexibility index (Phi) is 9.23. The predicted octanol–water partition coefficient (Wildman–Crippen LogP) is 10.2. The minimum Gasteiger partial charge on any atom is -0.367 e. The lowest BCUT2D eigenvalue weighted by Crippen LogP contribution is -2.55. The summed E-state index contributed by atoms with van der Waals surface area (Å²) in [6, 6.07) is 21.0. The number of fused-ring (bicyclic) bond motifs is 5. The van der Waals surface area contributed by atoms with Crippen LogP contribution >= 0.6 is 0 Å². The highest BCUT2D eigenvalue weighted by atomic mass is 19.4. The Labute approximate surface area is 290 Å². The lowest BCUT2D eigenvalue weighted by molar-refractivity contribution is -0.143. The first-order chi connectivity index (χ1) is 24.4. The normalized spacial score (nSPS) is 21.1. The molecule has 5 aromatic rings. The number of urea groups is 1. The number of carbonyl (C=O) groups excluding carboxylic acids is 1. The molecule has 3 aliphatic rings. The van der Waals surface area contributed by atoms with Crippen molar-refractivity contribution in [2.45, 2.75) is 43.9 Å². The summed E-state index contributed by atoms with van der Waals surface area (Å²) < 4.78 is 87.3. The summed E-state index contributed by atoms with van der Waals surface area (Å²) in [5, 5.41) is 7.58. The van der Waals surface area contributed by atoms with Gasteiger partial charge in [0.2, 0.25) is 0 Å². The molecular weight excluding hydrogens is 670 g/mol. The Balaban J connectivity index is 1.20. The maximum atomic E-state index is 13.4. The van der Waals surface area contributed by atoms with Crippen molar-refractivity contribution in [1.82, 2.24) is 9.88 Å². The average molecular weight is 705 g/mol. The first kappa shape index (κ1) is 34.5. The maximum absolute atomic E-state index is 13.4. The average Bonchev–Trinajstić information content (AvgIpc) is 3.11. The Hall–Kier alpha value is -4.94. The van der Waals surface area contributed by atoms with Crippen LogP contribution < -0.4 is 10.6 Å². The highest BCUT2D eigenvalue weighted by Gasteiger charge is 2.43. The van der Waals surface area contributed by atoms with Crippen molar-refractivity contribution in [2.75, 3.05) is 23.7 Å². The van der Waals surface area contributed by atoms with Crippen molar-refractivity contribution in [2.24, 2.45) is 11.8 Å². The van der Waals surface area contributed by atoms with Crippen molar-refractivity contribution >= 4 is 39.1 Å². The van der Waals surface area contributed by atoms with Crippen molar-refractivity contribution in [3.8, 4) is 0 Å². The van der Waals surface area contributed by atoms with Crippen LogP contribution in [0.1, 0.15) is 41.2 Å². The van der Waals surface area contributed by atoms with Crippen molar-refractivity contribution in [3.05, 3.63) is 126 Å². The number of halogens is 6. The molecule has 3 saturated heterocycles. The van der Waals surface area contributed by atoms with Crippen LogP contribution in [0.5, 0.6) is 0 Å². The van der Waals surface area contributed by atoms with E-state index in [1.54, 1.807) is 24.4 Å². The molecule has 1 aromatic heterocycles. The van der Waals surface area contributed by atoms with Gasteiger partial charge in [-0.3, -0.25) is 9.88 Å². The molecular formula is C39H34F6N4O2. The topological polar surface area (TPSA) is 66.5 Å². The van der Waals surface area contributed by atoms with Crippen molar-refractivity contribution in [3.63, 3.8) is 0 Å². The second-order valence-electron chi connectivity index (χ2n) is 13.1. The van der Waals surface area contributed by atoms with Crippen LogP contribution in [0, 0.1) is 11.8 Å². The van der Waals surface area contributed by atoms with E-state index in [4.69, 9.17) is 4.74 Å². The van der Waals surface area contributed by atoms with Gasteiger partial charge in [0, 0.05) is 35.5 Å².